The molecule has 1 aromatic rings. The third kappa shape index (κ3) is 1.99. The minimum Gasteiger partial charge on any atom is -0.367 e. The number of nitrogens with two attached hydrogens (primary N) is 1. The molecule has 0 saturated carbocycles. The largest absolute Gasteiger partial charge is 0.367 e. The molecule has 0 aromatic carbocycles. The number of rotatable bonds is 2. The molecule has 0 amide bonds. The molecule has 16 heavy (non-hydrogen) atoms. The van der Waals surface area contributed by atoms with Crippen LogP contribution >= 0.6 is 11.5 Å². The van der Waals surface area contributed by atoms with E-state index in [1.54, 1.807) is 0 Å². The molecule has 1 aromatic heterocycles. The molecular formula is C10H17N5S. The summed E-state index contributed by atoms with van der Waals surface area (Å²) in [4.78, 5) is 6.77. The van der Waals surface area contributed by atoms with Crippen LogP contribution in [0.5, 0.6) is 0 Å². The van der Waals surface area contributed by atoms with Gasteiger partial charge in [0, 0.05) is 30.2 Å². The number of piperidine rings is 1. The Kier molecular flexibility index (Phi) is 2.69. The number of anilines is 2. The van der Waals surface area contributed by atoms with Crippen LogP contribution in [-0.2, 0) is 0 Å². The van der Waals surface area contributed by atoms with E-state index in [0.717, 1.165) is 11.2 Å². The molecule has 2 aliphatic heterocycles. The summed E-state index contributed by atoms with van der Waals surface area (Å²) in [6.07, 6.45) is 5.16. The second kappa shape index (κ2) is 4.18. The van der Waals surface area contributed by atoms with E-state index in [0.29, 0.717) is 12.0 Å². The van der Waals surface area contributed by atoms with Gasteiger partial charge >= 0.3 is 0 Å². The standard InChI is InChI=1S/C10H17N5S/c11-9-13-10(16-14-9)12-7-3-5-15-4-1-2-8(15)6-7/h7-8H,1-6H2,(H3,11,12,13,14). The van der Waals surface area contributed by atoms with Crippen LogP contribution < -0.4 is 11.1 Å². The minimum absolute atomic E-state index is 0.380. The van der Waals surface area contributed by atoms with Gasteiger partial charge in [0.25, 0.3) is 0 Å². The highest BCUT2D eigenvalue weighted by molar-refractivity contribution is 7.09. The average Bonchev–Trinajstić information content (AvgIpc) is 2.87. The van der Waals surface area contributed by atoms with Crippen molar-refractivity contribution in [2.75, 3.05) is 24.1 Å². The van der Waals surface area contributed by atoms with Gasteiger partial charge in [0.05, 0.1) is 0 Å². The predicted octanol–water partition coefficient (Wildman–Crippen LogP) is 1.16. The van der Waals surface area contributed by atoms with Crippen molar-refractivity contribution in [2.45, 2.75) is 37.8 Å². The Morgan fingerprint density at radius 3 is 3.12 bits per heavy atom. The lowest BCUT2D eigenvalue weighted by Gasteiger charge is -2.34. The summed E-state index contributed by atoms with van der Waals surface area (Å²) in [5, 5.41) is 4.32. The van der Waals surface area contributed by atoms with Crippen LogP contribution in [0, 0.1) is 0 Å². The van der Waals surface area contributed by atoms with Gasteiger partial charge in [0.15, 0.2) is 0 Å². The molecule has 2 saturated heterocycles. The topological polar surface area (TPSA) is 67.1 Å². The molecular weight excluding hydrogens is 222 g/mol. The highest BCUT2D eigenvalue weighted by Crippen LogP contribution is 2.28. The molecule has 3 heterocycles. The number of nitrogens with zero attached hydrogens (tertiary/aromatic N) is 3. The summed E-state index contributed by atoms with van der Waals surface area (Å²) in [5.41, 5.74) is 5.51. The molecule has 3 rings (SSSR count). The zero-order valence-electron chi connectivity index (χ0n) is 9.22. The first-order valence-corrected chi connectivity index (χ1v) is 6.68. The number of aromatic nitrogens is 2. The Balaban J connectivity index is 1.60. The van der Waals surface area contributed by atoms with Crippen molar-refractivity contribution < 1.29 is 0 Å². The van der Waals surface area contributed by atoms with Gasteiger partial charge in [-0.2, -0.15) is 9.36 Å². The van der Waals surface area contributed by atoms with E-state index in [4.69, 9.17) is 5.73 Å². The van der Waals surface area contributed by atoms with Gasteiger partial charge in [-0.3, -0.25) is 0 Å². The van der Waals surface area contributed by atoms with Crippen LogP contribution in [0.15, 0.2) is 0 Å². The fraction of sp³-hybridized carbons (Fsp3) is 0.800. The molecule has 0 aliphatic carbocycles. The lowest BCUT2D eigenvalue weighted by molar-refractivity contribution is 0.188. The van der Waals surface area contributed by atoms with Crippen LogP contribution in [-0.4, -0.2) is 39.4 Å². The highest BCUT2D eigenvalue weighted by Gasteiger charge is 2.31. The molecule has 2 aliphatic rings. The highest BCUT2D eigenvalue weighted by atomic mass is 32.1. The van der Waals surface area contributed by atoms with Crippen LogP contribution in [0.4, 0.5) is 11.1 Å². The molecule has 88 valence electrons. The zero-order valence-corrected chi connectivity index (χ0v) is 10.0. The van der Waals surface area contributed by atoms with Crippen molar-refractivity contribution >= 4 is 22.6 Å². The number of nitrogens with one attached hydrogen (secondary N) is 1. The van der Waals surface area contributed by atoms with Gasteiger partial charge in [-0.1, -0.05) is 0 Å². The van der Waals surface area contributed by atoms with E-state index in [2.05, 4.69) is 19.6 Å². The summed E-state index contributed by atoms with van der Waals surface area (Å²) < 4.78 is 3.98. The van der Waals surface area contributed by atoms with E-state index in [1.165, 1.54) is 50.3 Å². The second-order valence-electron chi connectivity index (χ2n) is 4.66. The summed E-state index contributed by atoms with van der Waals surface area (Å²) in [6, 6.07) is 1.34. The van der Waals surface area contributed by atoms with E-state index in [9.17, 15) is 0 Å². The van der Waals surface area contributed by atoms with Gasteiger partial charge in [0.2, 0.25) is 11.1 Å². The first kappa shape index (κ1) is 10.3. The van der Waals surface area contributed by atoms with Gasteiger partial charge in [-0.25, -0.2) is 0 Å². The van der Waals surface area contributed by atoms with Crippen molar-refractivity contribution in [3.63, 3.8) is 0 Å². The van der Waals surface area contributed by atoms with Gasteiger partial charge in [0.1, 0.15) is 0 Å². The Morgan fingerprint density at radius 1 is 1.38 bits per heavy atom. The smallest absolute Gasteiger partial charge is 0.233 e. The van der Waals surface area contributed by atoms with E-state index >= 15 is 0 Å². The van der Waals surface area contributed by atoms with Crippen molar-refractivity contribution in [3.8, 4) is 0 Å². The van der Waals surface area contributed by atoms with Crippen LogP contribution in [0.3, 0.4) is 0 Å². The summed E-state index contributed by atoms with van der Waals surface area (Å²) in [7, 11) is 0. The van der Waals surface area contributed by atoms with Crippen LogP contribution in [0.1, 0.15) is 25.7 Å². The second-order valence-corrected chi connectivity index (χ2v) is 5.41. The summed E-state index contributed by atoms with van der Waals surface area (Å²) in [5.74, 6) is 0.380. The quantitative estimate of drug-likeness (QED) is 0.810. The molecule has 0 radical (unpaired) electrons. The maximum absolute atomic E-state index is 5.51. The van der Waals surface area contributed by atoms with Crippen molar-refractivity contribution in [3.05, 3.63) is 0 Å². The van der Waals surface area contributed by atoms with Gasteiger partial charge in [-0.15, -0.1) is 0 Å². The first-order chi connectivity index (χ1) is 7.81. The van der Waals surface area contributed by atoms with Crippen molar-refractivity contribution in [1.82, 2.24) is 14.3 Å². The molecule has 2 unspecified atom stereocenters. The molecule has 2 fully saturated rings. The lowest BCUT2D eigenvalue weighted by Crippen LogP contribution is -2.42. The number of fused-ring (bicyclic) bond motifs is 1. The Hall–Kier alpha value is -0.880. The van der Waals surface area contributed by atoms with E-state index in [-0.39, 0.29) is 0 Å². The predicted molar refractivity (Wildman–Crippen MR) is 65.6 cm³/mol. The average molecular weight is 239 g/mol. The number of nitrogen functional groups attached to an aromatic ring is 1. The normalized spacial score (nSPS) is 30.2. The van der Waals surface area contributed by atoms with Crippen LogP contribution in [0.25, 0.3) is 0 Å². The Morgan fingerprint density at radius 2 is 2.31 bits per heavy atom. The monoisotopic (exact) mass is 239 g/mol. The van der Waals surface area contributed by atoms with Gasteiger partial charge < -0.3 is 16.0 Å². The molecule has 6 heteroatoms. The third-order valence-electron chi connectivity index (χ3n) is 3.59. The zero-order chi connectivity index (χ0) is 11.0. The SMILES string of the molecule is Nc1nsc(NC2CCN3CCCC3C2)n1. The molecule has 5 nitrogen and oxygen atoms in total. The minimum atomic E-state index is 0.380. The third-order valence-corrected chi connectivity index (χ3v) is 4.25. The van der Waals surface area contributed by atoms with Crippen molar-refractivity contribution in [1.29, 1.82) is 0 Å². The maximum atomic E-state index is 5.51. The molecule has 3 N–H and O–H groups in total. The fourth-order valence-electron chi connectivity index (χ4n) is 2.82. The molecule has 0 spiro atoms. The number of hydrogen-bond donors (Lipinski definition) is 2. The fourth-order valence-corrected chi connectivity index (χ4v) is 3.40. The Bertz CT molecular complexity index is 366. The first-order valence-electron chi connectivity index (χ1n) is 5.91. The molecule has 2 atom stereocenters. The van der Waals surface area contributed by atoms with Gasteiger partial charge in [-0.05, 0) is 32.2 Å². The number of hydrogen-bond acceptors (Lipinski definition) is 6. The summed E-state index contributed by atoms with van der Waals surface area (Å²) in [6.45, 7) is 2.51. The van der Waals surface area contributed by atoms with E-state index < -0.39 is 0 Å². The van der Waals surface area contributed by atoms with Crippen molar-refractivity contribution in [2.24, 2.45) is 0 Å². The maximum Gasteiger partial charge on any atom is 0.233 e. The summed E-state index contributed by atoms with van der Waals surface area (Å²) >= 11 is 1.36. The Labute approximate surface area is 99.2 Å². The lowest BCUT2D eigenvalue weighted by atomic mass is 9.98. The molecule has 0 bridgehead atoms. The van der Waals surface area contributed by atoms with E-state index in [1.807, 2.05) is 0 Å². The van der Waals surface area contributed by atoms with Crippen LogP contribution in [0.2, 0.25) is 0 Å².